The normalized spacial score (nSPS) is 11.0. The topological polar surface area (TPSA) is 95.1 Å². The highest BCUT2D eigenvalue weighted by atomic mass is 16.4. The fourth-order valence-corrected chi connectivity index (χ4v) is 3.18. The van der Waals surface area contributed by atoms with Crippen molar-refractivity contribution in [3.63, 3.8) is 0 Å². The molecule has 1 aromatic heterocycles. The zero-order chi connectivity index (χ0) is 21.0. The lowest BCUT2D eigenvalue weighted by molar-refractivity contribution is -0.112. The van der Waals surface area contributed by atoms with Crippen LogP contribution in [0.2, 0.25) is 0 Å². The van der Waals surface area contributed by atoms with Crippen molar-refractivity contribution in [2.24, 2.45) is 0 Å². The molecule has 0 atom stereocenters. The fourth-order valence-electron chi connectivity index (χ4n) is 3.18. The molecule has 0 aliphatic heterocycles. The van der Waals surface area contributed by atoms with Gasteiger partial charge >= 0.3 is 5.97 Å². The lowest BCUT2D eigenvalue weighted by Gasteiger charge is -2.12. The van der Waals surface area contributed by atoms with Gasteiger partial charge in [-0.15, -0.1) is 0 Å². The standard InChI is InChI=1S/C23H19N3O3/c1-15-12-17(13-18(14-24)22(27)25-19-8-4-3-5-9-19)16(2)26(15)21-11-7-6-10-20(21)23(28)29/h3-13H,1-2H3,(H,25,27)(H,28,29)/b18-13-. The molecular weight excluding hydrogens is 366 g/mol. The van der Waals surface area contributed by atoms with E-state index in [9.17, 15) is 20.0 Å². The molecule has 1 amide bonds. The zero-order valence-electron chi connectivity index (χ0n) is 16.0. The predicted molar refractivity (Wildman–Crippen MR) is 111 cm³/mol. The first kappa shape index (κ1) is 19.6. The molecule has 0 spiro atoms. The summed E-state index contributed by atoms with van der Waals surface area (Å²) in [5, 5.41) is 21.7. The quantitative estimate of drug-likeness (QED) is 0.504. The van der Waals surface area contributed by atoms with Crippen LogP contribution in [0.25, 0.3) is 11.8 Å². The minimum atomic E-state index is -1.02. The van der Waals surface area contributed by atoms with Gasteiger partial charge in [-0.25, -0.2) is 4.79 Å². The number of nitriles is 1. The van der Waals surface area contributed by atoms with Gasteiger partial charge in [-0.05, 0) is 55.8 Å². The zero-order valence-corrected chi connectivity index (χ0v) is 16.0. The number of aromatic nitrogens is 1. The Labute approximate surface area is 168 Å². The van der Waals surface area contributed by atoms with Gasteiger partial charge in [0.1, 0.15) is 11.6 Å². The molecule has 29 heavy (non-hydrogen) atoms. The van der Waals surface area contributed by atoms with Gasteiger partial charge in [0.05, 0.1) is 11.3 Å². The van der Waals surface area contributed by atoms with Crippen LogP contribution in [-0.2, 0) is 4.79 Å². The number of hydrogen-bond acceptors (Lipinski definition) is 3. The Kier molecular flexibility index (Phi) is 5.61. The second-order valence-corrected chi connectivity index (χ2v) is 6.47. The predicted octanol–water partition coefficient (Wildman–Crippen LogP) is 4.34. The van der Waals surface area contributed by atoms with Gasteiger partial charge in [0, 0.05) is 17.1 Å². The Morgan fingerprint density at radius 1 is 1.07 bits per heavy atom. The number of benzene rings is 2. The molecule has 0 bridgehead atoms. The van der Waals surface area contributed by atoms with Gasteiger partial charge in [0.2, 0.25) is 0 Å². The fraction of sp³-hybridized carbons (Fsp3) is 0.0870. The maximum atomic E-state index is 12.5. The minimum absolute atomic E-state index is 0.0411. The molecule has 3 rings (SSSR count). The first-order chi connectivity index (χ1) is 13.9. The van der Waals surface area contributed by atoms with Gasteiger partial charge < -0.3 is 15.0 Å². The summed E-state index contributed by atoms with van der Waals surface area (Å²) in [6, 6.07) is 19.4. The van der Waals surface area contributed by atoms with Crippen molar-refractivity contribution in [1.29, 1.82) is 5.26 Å². The number of nitrogens with zero attached hydrogens (tertiary/aromatic N) is 2. The molecule has 0 saturated heterocycles. The molecule has 0 saturated carbocycles. The molecule has 0 aliphatic rings. The number of para-hydroxylation sites is 2. The molecule has 0 unspecified atom stereocenters. The van der Waals surface area contributed by atoms with E-state index in [0.717, 1.165) is 11.4 Å². The third-order valence-corrected chi connectivity index (χ3v) is 4.54. The van der Waals surface area contributed by atoms with E-state index < -0.39 is 11.9 Å². The summed E-state index contributed by atoms with van der Waals surface area (Å²) in [6.45, 7) is 3.67. The van der Waals surface area contributed by atoms with E-state index in [2.05, 4.69) is 5.32 Å². The molecule has 1 heterocycles. The molecule has 144 valence electrons. The number of aryl methyl sites for hydroxylation is 1. The summed E-state index contributed by atoms with van der Waals surface area (Å²) in [7, 11) is 0. The van der Waals surface area contributed by atoms with E-state index in [1.165, 1.54) is 6.08 Å². The number of carboxylic acid groups (broad SMARTS) is 1. The van der Waals surface area contributed by atoms with E-state index in [4.69, 9.17) is 0 Å². The molecular formula is C23H19N3O3. The Bertz CT molecular complexity index is 1150. The maximum absolute atomic E-state index is 12.5. The lowest BCUT2D eigenvalue weighted by atomic mass is 10.1. The molecule has 0 aliphatic carbocycles. The van der Waals surface area contributed by atoms with E-state index in [0.29, 0.717) is 16.9 Å². The van der Waals surface area contributed by atoms with E-state index in [-0.39, 0.29) is 11.1 Å². The largest absolute Gasteiger partial charge is 0.478 e. The van der Waals surface area contributed by atoms with Gasteiger partial charge in [-0.3, -0.25) is 4.79 Å². The van der Waals surface area contributed by atoms with E-state index in [1.807, 2.05) is 32.0 Å². The highest BCUT2D eigenvalue weighted by Crippen LogP contribution is 2.25. The van der Waals surface area contributed by atoms with E-state index in [1.54, 1.807) is 53.1 Å². The van der Waals surface area contributed by atoms with Crippen LogP contribution in [0.5, 0.6) is 0 Å². The average Bonchev–Trinajstić information content (AvgIpc) is 2.99. The maximum Gasteiger partial charge on any atom is 0.337 e. The molecule has 2 aromatic carbocycles. The van der Waals surface area contributed by atoms with Crippen LogP contribution in [0.3, 0.4) is 0 Å². The number of amides is 1. The van der Waals surface area contributed by atoms with Gasteiger partial charge in [-0.2, -0.15) is 5.26 Å². The number of carboxylic acids is 1. The van der Waals surface area contributed by atoms with Gasteiger partial charge in [-0.1, -0.05) is 30.3 Å². The first-order valence-corrected chi connectivity index (χ1v) is 8.92. The summed E-state index contributed by atoms with van der Waals surface area (Å²) in [5.41, 5.74) is 3.45. The second-order valence-electron chi connectivity index (χ2n) is 6.47. The summed E-state index contributed by atoms with van der Waals surface area (Å²) >= 11 is 0. The lowest BCUT2D eigenvalue weighted by Crippen LogP contribution is -2.13. The van der Waals surface area contributed by atoms with Crippen molar-refractivity contribution in [2.45, 2.75) is 13.8 Å². The Morgan fingerprint density at radius 2 is 1.72 bits per heavy atom. The number of nitrogens with one attached hydrogen (secondary N) is 1. The molecule has 3 aromatic rings. The monoisotopic (exact) mass is 385 g/mol. The Hall–Kier alpha value is -4.11. The van der Waals surface area contributed by atoms with Crippen LogP contribution in [0, 0.1) is 25.2 Å². The van der Waals surface area contributed by atoms with Crippen LogP contribution >= 0.6 is 0 Å². The number of hydrogen-bond donors (Lipinski definition) is 2. The van der Waals surface area contributed by atoms with Crippen molar-refractivity contribution < 1.29 is 14.7 Å². The third-order valence-electron chi connectivity index (χ3n) is 4.54. The van der Waals surface area contributed by atoms with Crippen molar-refractivity contribution in [3.05, 3.63) is 88.8 Å². The van der Waals surface area contributed by atoms with Crippen LogP contribution < -0.4 is 5.32 Å². The van der Waals surface area contributed by atoms with Crippen molar-refractivity contribution in [2.75, 3.05) is 5.32 Å². The highest BCUT2D eigenvalue weighted by molar-refractivity contribution is 6.09. The van der Waals surface area contributed by atoms with Crippen LogP contribution in [0.15, 0.2) is 66.2 Å². The highest BCUT2D eigenvalue weighted by Gasteiger charge is 2.17. The van der Waals surface area contributed by atoms with E-state index >= 15 is 0 Å². The number of carbonyl (C=O) groups is 2. The Balaban J connectivity index is 2.00. The molecule has 2 N–H and O–H groups in total. The van der Waals surface area contributed by atoms with Crippen LogP contribution in [0.4, 0.5) is 5.69 Å². The van der Waals surface area contributed by atoms with Crippen molar-refractivity contribution in [1.82, 2.24) is 4.57 Å². The van der Waals surface area contributed by atoms with Crippen molar-refractivity contribution >= 4 is 23.6 Å². The number of carbonyl (C=O) groups excluding carboxylic acids is 1. The summed E-state index contributed by atoms with van der Waals surface area (Å²) in [5.74, 6) is -1.53. The minimum Gasteiger partial charge on any atom is -0.478 e. The second kappa shape index (κ2) is 8.28. The molecule has 0 fully saturated rings. The van der Waals surface area contributed by atoms with Gasteiger partial charge in [0.15, 0.2) is 0 Å². The summed E-state index contributed by atoms with van der Waals surface area (Å²) in [4.78, 5) is 24.1. The number of aromatic carboxylic acids is 1. The third kappa shape index (κ3) is 4.09. The SMILES string of the molecule is Cc1cc(/C=C(/C#N)C(=O)Nc2ccccc2)c(C)n1-c1ccccc1C(=O)O. The molecule has 6 heteroatoms. The van der Waals surface area contributed by atoms with Crippen molar-refractivity contribution in [3.8, 4) is 11.8 Å². The average molecular weight is 385 g/mol. The molecule has 0 radical (unpaired) electrons. The summed E-state index contributed by atoms with van der Waals surface area (Å²) in [6.07, 6.45) is 1.51. The Morgan fingerprint density at radius 3 is 2.38 bits per heavy atom. The van der Waals surface area contributed by atoms with Crippen LogP contribution in [-0.4, -0.2) is 21.6 Å². The molecule has 6 nitrogen and oxygen atoms in total. The summed E-state index contributed by atoms with van der Waals surface area (Å²) < 4.78 is 1.80. The number of rotatable bonds is 5. The smallest absolute Gasteiger partial charge is 0.337 e. The number of anilines is 1. The van der Waals surface area contributed by atoms with Crippen LogP contribution in [0.1, 0.15) is 27.3 Å². The first-order valence-electron chi connectivity index (χ1n) is 8.92. The van der Waals surface area contributed by atoms with Gasteiger partial charge in [0.25, 0.3) is 5.91 Å².